The highest BCUT2D eigenvalue weighted by Gasteiger charge is 2.22. The van der Waals surface area contributed by atoms with Gasteiger partial charge in [0.2, 0.25) is 0 Å². The van der Waals surface area contributed by atoms with Crippen LogP contribution in [-0.4, -0.2) is 33.9 Å². The average molecular weight is 416 g/mol. The van der Waals surface area contributed by atoms with E-state index in [2.05, 4.69) is 53.6 Å². The van der Waals surface area contributed by atoms with E-state index in [1.54, 1.807) is 6.20 Å². The molecule has 0 unspecified atom stereocenters. The van der Waals surface area contributed by atoms with E-state index in [9.17, 15) is 0 Å². The smallest absolute Gasteiger partial charge is 0.164 e. The van der Waals surface area contributed by atoms with Crippen LogP contribution in [-0.2, 0) is 25.9 Å². The van der Waals surface area contributed by atoms with Gasteiger partial charge in [-0.15, -0.1) is 11.3 Å². The molecule has 1 N–H and O–H groups in total. The molecule has 3 heterocycles. The molecule has 0 amide bonds. The Balaban J connectivity index is 1.55. The van der Waals surface area contributed by atoms with Crippen LogP contribution in [0.25, 0.3) is 21.6 Å². The molecule has 0 spiro atoms. The molecular formula is C24H25N5S. The molecule has 6 heteroatoms. The molecule has 1 aromatic carbocycles. The molecule has 0 aliphatic heterocycles. The molecule has 152 valence electrons. The predicted octanol–water partition coefficient (Wildman–Crippen LogP) is 4.92. The van der Waals surface area contributed by atoms with Crippen molar-refractivity contribution in [3.05, 3.63) is 70.4 Å². The molecule has 0 fully saturated rings. The number of nitrogens with one attached hydrogen (secondary N) is 1. The van der Waals surface area contributed by atoms with Crippen molar-refractivity contribution in [3.8, 4) is 11.4 Å². The highest BCUT2D eigenvalue weighted by atomic mass is 32.1. The van der Waals surface area contributed by atoms with Crippen LogP contribution in [0.4, 0.5) is 5.82 Å². The second-order valence-corrected chi connectivity index (χ2v) is 9.12. The van der Waals surface area contributed by atoms with Gasteiger partial charge in [-0.3, -0.25) is 4.98 Å². The number of anilines is 1. The maximum atomic E-state index is 4.96. The lowest BCUT2D eigenvalue weighted by molar-refractivity contribution is 0.401. The number of aromatic nitrogens is 3. The lowest BCUT2D eigenvalue weighted by Crippen LogP contribution is -2.14. The summed E-state index contributed by atoms with van der Waals surface area (Å²) in [6.07, 6.45) is 7.12. The van der Waals surface area contributed by atoms with Gasteiger partial charge in [0, 0.05) is 35.9 Å². The van der Waals surface area contributed by atoms with Crippen LogP contribution in [0.2, 0.25) is 0 Å². The fraction of sp³-hybridized carbons (Fsp3) is 0.292. The van der Waals surface area contributed by atoms with Gasteiger partial charge >= 0.3 is 0 Å². The van der Waals surface area contributed by atoms with Crippen LogP contribution in [0.1, 0.15) is 28.0 Å². The molecule has 0 bridgehead atoms. The van der Waals surface area contributed by atoms with Crippen LogP contribution in [0, 0.1) is 0 Å². The van der Waals surface area contributed by atoms with E-state index in [1.165, 1.54) is 33.4 Å². The maximum Gasteiger partial charge on any atom is 0.164 e. The van der Waals surface area contributed by atoms with Crippen LogP contribution in [0.15, 0.2) is 48.8 Å². The largest absolute Gasteiger partial charge is 0.365 e. The van der Waals surface area contributed by atoms with Gasteiger partial charge in [0.05, 0.1) is 5.39 Å². The summed E-state index contributed by atoms with van der Waals surface area (Å²) in [4.78, 5) is 18.9. The highest BCUT2D eigenvalue weighted by molar-refractivity contribution is 7.19. The number of hydrogen-bond acceptors (Lipinski definition) is 6. The Morgan fingerprint density at radius 2 is 1.90 bits per heavy atom. The third-order valence-electron chi connectivity index (χ3n) is 5.54. The molecule has 5 rings (SSSR count). The quantitative estimate of drug-likeness (QED) is 0.485. The van der Waals surface area contributed by atoms with Crippen LogP contribution < -0.4 is 5.32 Å². The summed E-state index contributed by atoms with van der Waals surface area (Å²) in [6, 6.07) is 12.6. The highest BCUT2D eigenvalue weighted by Crippen LogP contribution is 2.40. The second kappa shape index (κ2) is 8.13. The fourth-order valence-corrected chi connectivity index (χ4v) is 5.41. The molecule has 4 aromatic rings. The van der Waals surface area contributed by atoms with Gasteiger partial charge in [0.15, 0.2) is 5.82 Å². The zero-order valence-corrected chi connectivity index (χ0v) is 18.2. The van der Waals surface area contributed by atoms with Gasteiger partial charge < -0.3 is 10.2 Å². The number of hydrogen-bond donors (Lipinski definition) is 1. The first-order valence-electron chi connectivity index (χ1n) is 10.4. The Morgan fingerprint density at radius 3 is 2.70 bits per heavy atom. The lowest BCUT2D eigenvalue weighted by atomic mass is 10.1. The Morgan fingerprint density at radius 1 is 1.03 bits per heavy atom. The van der Waals surface area contributed by atoms with Crippen molar-refractivity contribution < 1.29 is 0 Å². The summed E-state index contributed by atoms with van der Waals surface area (Å²) in [7, 11) is 4.21. The first kappa shape index (κ1) is 19.2. The summed E-state index contributed by atoms with van der Waals surface area (Å²) >= 11 is 1.82. The van der Waals surface area contributed by atoms with Gasteiger partial charge in [-0.05, 0) is 62.2 Å². The first-order valence-corrected chi connectivity index (χ1v) is 11.2. The summed E-state index contributed by atoms with van der Waals surface area (Å²) in [5.41, 5.74) is 5.02. The Kier molecular flexibility index (Phi) is 5.19. The molecule has 0 saturated carbocycles. The third kappa shape index (κ3) is 3.68. The van der Waals surface area contributed by atoms with Gasteiger partial charge in [-0.25, -0.2) is 9.97 Å². The number of aryl methyl sites for hydroxylation is 2. The minimum atomic E-state index is 0.736. The van der Waals surface area contributed by atoms with Crippen LogP contribution >= 0.6 is 11.3 Å². The van der Waals surface area contributed by atoms with E-state index in [4.69, 9.17) is 9.97 Å². The van der Waals surface area contributed by atoms with Gasteiger partial charge in [-0.2, -0.15) is 0 Å². The Labute approximate surface area is 180 Å². The molecule has 30 heavy (non-hydrogen) atoms. The van der Waals surface area contributed by atoms with Crippen molar-refractivity contribution in [2.45, 2.75) is 32.4 Å². The van der Waals surface area contributed by atoms with Crippen molar-refractivity contribution in [1.82, 2.24) is 19.9 Å². The summed E-state index contributed by atoms with van der Waals surface area (Å²) in [5, 5.41) is 4.87. The number of fused-ring (bicyclic) bond motifs is 3. The Bertz CT molecular complexity index is 1180. The zero-order chi connectivity index (χ0) is 20.5. The monoisotopic (exact) mass is 415 g/mol. The van der Waals surface area contributed by atoms with Gasteiger partial charge in [0.1, 0.15) is 10.6 Å². The molecule has 0 saturated heterocycles. The van der Waals surface area contributed by atoms with Crippen molar-refractivity contribution in [2.75, 3.05) is 19.4 Å². The van der Waals surface area contributed by atoms with Crippen LogP contribution in [0.3, 0.4) is 0 Å². The molecule has 1 aliphatic rings. The Hall–Kier alpha value is -2.83. The number of nitrogens with zero attached hydrogens (tertiary/aromatic N) is 4. The number of rotatable bonds is 6. The van der Waals surface area contributed by atoms with Crippen LogP contribution in [0.5, 0.6) is 0 Å². The summed E-state index contributed by atoms with van der Waals surface area (Å²) in [6.45, 7) is 1.67. The van der Waals surface area contributed by atoms with Crippen molar-refractivity contribution in [1.29, 1.82) is 0 Å². The molecule has 3 aromatic heterocycles. The summed E-state index contributed by atoms with van der Waals surface area (Å²) in [5.74, 6) is 1.68. The van der Waals surface area contributed by atoms with E-state index in [-0.39, 0.29) is 0 Å². The third-order valence-corrected chi connectivity index (χ3v) is 6.72. The van der Waals surface area contributed by atoms with Crippen molar-refractivity contribution in [3.63, 3.8) is 0 Å². The fourth-order valence-electron chi connectivity index (χ4n) is 4.15. The zero-order valence-electron chi connectivity index (χ0n) is 17.4. The predicted molar refractivity (Wildman–Crippen MR) is 124 cm³/mol. The van der Waals surface area contributed by atoms with E-state index in [1.807, 2.05) is 29.7 Å². The minimum absolute atomic E-state index is 0.736. The standard InChI is InChI=1S/C24H25N5S/c1-29(2)15-18-8-4-3-7-16(18)14-26-23-21-19-10-5-11-20(19)30-24(21)28-22(27-23)17-9-6-12-25-13-17/h3-4,6-9,12-13H,5,10-11,14-15H2,1-2H3,(H,26,27,28). The van der Waals surface area contributed by atoms with E-state index < -0.39 is 0 Å². The molecule has 0 atom stereocenters. The van der Waals surface area contributed by atoms with E-state index in [0.717, 1.165) is 48.0 Å². The number of pyridine rings is 1. The number of thiophene rings is 1. The normalized spacial score (nSPS) is 13.2. The van der Waals surface area contributed by atoms with Crippen molar-refractivity contribution >= 4 is 27.4 Å². The second-order valence-electron chi connectivity index (χ2n) is 8.04. The SMILES string of the molecule is CN(C)Cc1ccccc1CNc1nc(-c2cccnc2)nc2sc3c(c12)CCC3. The molecule has 1 aliphatic carbocycles. The van der Waals surface area contributed by atoms with Gasteiger partial charge in [-0.1, -0.05) is 24.3 Å². The molecule has 5 nitrogen and oxygen atoms in total. The number of benzene rings is 1. The van der Waals surface area contributed by atoms with E-state index in [0.29, 0.717) is 0 Å². The van der Waals surface area contributed by atoms with E-state index >= 15 is 0 Å². The first-order chi connectivity index (χ1) is 14.7. The summed E-state index contributed by atoms with van der Waals surface area (Å²) < 4.78 is 0. The van der Waals surface area contributed by atoms with Gasteiger partial charge in [0.25, 0.3) is 0 Å². The molecular weight excluding hydrogens is 390 g/mol. The lowest BCUT2D eigenvalue weighted by Gasteiger charge is -2.16. The minimum Gasteiger partial charge on any atom is -0.365 e. The maximum absolute atomic E-state index is 4.96. The average Bonchev–Trinajstić information content (AvgIpc) is 3.34. The van der Waals surface area contributed by atoms with Crippen molar-refractivity contribution in [2.24, 2.45) is 0 Å². The topological polar surface area (TPSA) is 53.9 Å². The molecule has 0 radical (unpaired) electrons.